The van der Waals surface area contributed by atoms with Gasteiger partial charge in [0.15, 0.2) is 6.61 Å². The zero-order valence-electron chi connectivity index (χ0n) is 26.1. The molecule has 2 heterocycles. The minimum atomic E-state index is -0.536. The minimum absolute atomic E-state index is 0.0499. The Morgan fingerprint density at radius 1 is 0.867 bits per heavy atom. The van der Waals surface area contributed by atoms with E-state index in [0.29, 0.717) is 46.3 Å². The Bertz CT molecular complexity index is 1830. The van der Waals surface area contributed by atoms with Gasteiger partial charge in [-0.3, -0.25) is 9.59 Å². The lowest BCUT2D eigenvalue weighted by Gasteiger charge is -2.18. The van der Waals surface area contributed by atoms with E-state index in [1.807, 2.05) is 57.2 Å². The summed E-state index contributed by atoms with van der Waals surface area (Å²) < 4.78 is 11.9. The van der Waals surface area contributed by atoms with Crippen LogP contribution in [0, 0.1) is 13.8 Å². The maximum absolute atomic E-state index is 13.9. The number of nitrogens with one attached hydrogen (secondary N) is 1. The predicted octanol–water partition coefficient (Wildman–Crippen LogP) is 8.12. The van der Waals surface area contributed by atoms with E-state index in [-0.39, 0.29) is 18.4 Å². The van der Waals surface area contributed by atoms with E-state index in [0.717, 1.165) is 31.7 Å². The Kier molecular flexibility index (Phi) is 10.0. The molecule has 0 atom stereocenters. The molecule has 0 aliphatic rings. The molecule has 0 unspecified atom stereocenters. The summed E-state index contributed by atoms with van der Waals surface area (Å²) in [5.41, 5.74) is 5.02. The second-order valence-electron chi connectivity index (χ2n) is 10.6. The zero-order valence-corrected chi connectivity index (χ0v) is 27.7. The first-order chi connectivity index (χ1) is 21.7. The van der Waals surface area contributed by atoms with Gasteiger partial charge in [0, 0.05) is 28.2 Å². The number of ether oxygens (including phenoxy) is 2. The molecule has 0 saturated carbocycles. The molecule has 7 nitrogen and oxygen atoms in total. The summed E-state index contributed by atoms with van der Waals surface area (Å²) in [6, 6.07) is 23.6. The van der Waals surface area contributed by atoms with Crippen molar-refractivity contribution in [2.75, 3.05) is 32.1 Å². The van der Waals surface area contributed by atoms with Crippen molar-refractivity contribution in [1.82, 2.24) is 4.90 Å². The predicted molar refractivity (Wildman–Crippen MR) is 183 cm³/mol. The average Bonchev–Trinajstić information content (AvgIpc) is 3.58. The van der Waals surface area contributed by atoms with E-state index < -0.39 is 5.97 Å². The summed E-state index contributed by atoms with van der Waals surface area (Å²) in [4.78, 5) is 42.6. The molecule has 232 valence electrons. The first kappa shape index (κ1) is 31.9. The van der Waals surface area contributed by atoms with Crippen LogP contribution in [0.1, 0.15) is 55.4 Å². The van der Waals surface area contributed by atoms with E-state index in [1.54, 1.807) is 17.0 Å². The van der Waals surface area contributed by atoms with Gasteiger partial charge in [-0.1, -0.05) is 60.2 Å². The third-order valence-corrected chi connectivity index (χ3v) is 9.96. The molecule has 0 saturated heterocycles. The van der Waals surface area contributed by atoms with Crippen LogP contribution in [0.3, 0.4) is 0 Å². The van der Waals surface area contributed by atoms with E-state index in [2.05, 4.69) is 36.5 Å². The van der Waals surface area contributed by atoms with Crippen molar-refractivity contribution in [3.63, 3.8) is 0 Å². The number of thiophene rings is 2. The van der Waals surface area contributed by atoms with E-state index in [9.17, 15) is 14.4 Å². The third kappa shape index (κ3) is 6.95. The van der Waals surface area contributed by atoms with Gasteiger partial charge < -0.3 is 19.7 Å². The molecule has 1 N–H and O–H groups in total. The Balaban J connectivity index is 1.44. The van der Waals surface area contributed by atoms with Crippen molar-refractivity contribution in [3.05, 3.63) is 105 Å². The van der Waals surface area contributed by atoms with Gasteiger partial charge in [0.2, 0.25) is 0 Å². The normalized spacial score (nSPS) is 11.0. The number of fused-ring (bicyclic) bond motifs is 1. The number of amides is 2. The Hall–Kier alpha value is -4.47. The first-order valence-electron chi connectivity index (χ1n) is 14.8. The molecule has 5 rings (SSSR count). The topological polar surface area (TPSA) is 84.9 Å². The van der Waals surface area contributed by atoms with E-state index >= 15 is 0 Å². The van der Waals surface area contributed by atoms with Crippen LogP contribution in [0.4, 0.5) is 5.00 Å². The van der Waals surface area contributed by atoms with Gasteiger partial charge in [-0.25, -0.2) is 4.79 Å². The number of benzene rings is 3. The monoisotopic (exact) mass is 640 g/mol. The number of nitrogens with zero attached hydrogens (tertiary/aromatic N) is 1. The van der Waals surface area contributed by atoms with Gasteiger partial charge in [0.05, 0.1) is 12.0 Å². The first-order valence-corrected chi connectivity index (χ1v) is 16.5. The summed E-state index contributed by atoms with van der Waals surface area (Å²) in [6.45, 7) is 9.03. The lowest BCUT2D eigenvalue weighted by molar-refractivity contribution is -0.132. The highest BCUT2D eigenvalue weighted by Gasteiger charge is 2.27. The molecule has 5 aromatic rings. The molecule has 45 heavy (non-hydrogen) atoms. The number of carbonyl (C=O) groups excluding carboxylic acids is 3. The number of methoxy groups -OCH3 is 1. The third-order valence-electron chi connectivity index (χ3n) is 7.73. The van der Waals surface area contributed by atoms with Crippen LogP contribution in [0.25, 0.3) is 21.2 Å². The highest BCUT2D eigenvalue weighted by atomic mass is 32.1. The van der Waals surface area contributed by atoms with E-state index in [4.69, 9.17) is 9.47 Å². The fourth-order valence-electron chi connectivity index (χ4n) is 5.34. The molecule has 2 aromatic heterocycles. The average molecular weight is 641 g/mol. The highest BCUT2D eigenvalue weighted by molar-refractivity contribution is 7.21. The van der Waals surface area contributed by atoms with Crippen LogP contribution in [0.15, 0.2) is 72.8 Å². The maximum atomic E-state index is 13.9. The molecule has 9 heteroatoms. The van der Waals surface area contributed by atoms with Gasteiger partial charge in [0.1, 0.15) is 16.3 Å². The number of aryl methyl sites for hydroxylation is 2. The van der Waals surface area contributed by atoms with Crippen molar-refractivity contribution in [2.24, 2.45) is 0 Å². The molecule has 0 fully saturated rings. The fraction of sp³-hybridized carbons (Fsp3) is 0.250. The largest absolute Gasteiger partial charge is 0.484 e. The van der Waals surface area contributed by atoms with Gasteiger partial charge in [-0.05, 0) is 74.4 Å². The van der Waals surface area contributed by atoms with Crippen LogP contribution in [-0.2, 0) is 16.0 Å². The zero-order chi connectivity index (χ0) is 32.1. The lowest BCUT2D eigenvalue weighted by Crippen LogP contribution is -2.34. The summed E-state index contributed by atoms with van der Waals surface area (Å²) >= 11 is 2.79. The highest BCUT2D eigenvalue weighted by Crippen LogP contribution is 2.42. The van der Waals surface area contributed by atoms with Gasteiger partial charge in [0.25, 0.3) is 11.8 Å². The smallest absolute Gasteiger partial charge is 0.341 e. The number of carbonyl (C=O) groups is 3. The molecule has 0 aliphatic heterocycles. The maximum Gasteiger partial charge on any atom is 0.341 e. The summed E-state index contributed by atoms with van der Waals surface area (Å²) in [5, 5.41) is 4.54. The lowest BCUT2D eigenvalue weighted by atomic mass is 10.00. The van der Waals surface area contributed by atoms with Crippen LogP contribution >= 0.6 is 22.7 Å². The molecular formula is C36H36N2O5S2. The summed E-state index contributed by atoms with van der Waals surface area (Å²) in [6.07, 6.45) is 0.612. The van der Waals surface area contributed by atoms with E-state index in [1.165, 1.54) is 35.3 Å². The number of likely N-dealkylation sites (N-methyl/N-ethyl adjacent to an activating group) is 1. The quantitative estimate of drug-likeness (QED) is 0.147. The molecule has 0 aliphatic carbocycles. The van der Waals surface area contributed by atoms with Crippen LogP contribution < -0.4 is 10.1 Å². The number of rotatable bonds is 11. The Labute approximate surface area is 271 Å². The Morgan fingerprint density at radius 3 is 2.22 bits per heavy atom. The summed E-state index contributed by atoms with van der Waals surface area (Å²) in [7, 11) is 1.33. The van der Waals surface area contributed by atoms with Crippen molar-refractivity contribution >= 4 is 55.5 Å². The standard InChI is InChI=1S/C36H36N2O5S2/c1-6-38(7-2)30(39)21-43-26-18-16-25(17-19-26)31-23(4)44-35(32(31)36(41)42-5)37-34(40)33-28(20-24-14-12-22(3)13-15-24)27-10-8-9-11-29(27)45-33/h8-19H,6-7,20-21H2,1-5H3,(H,37,40). The van der Waals surface area contributed by atoms with Crippen molar-refractivity contribution < 1.29 is 23.9 Å². The fourth-order valence-corrected chi connectivity index (χ4v) is 7.51. The molecule has 2 amide bonds. The van der Waals surface area contributed by atoms with Gasteiger partial charge in [-0.15, -0.1) is 22.7 Å². The second-order valence-corrected chi connectivity index (χ2v) is 12.9. The number of anilines is 1. The molecule has 3 aromatic carbocycles. The second kappa shape index (κ2) is 14.1. The van der Waals surface area contributed by atoms with Crippen molar-refractivity contribution in [2.45, 2.75) is 34.1 Å². The molecular weight excluding hydrogens is 605 g/mol. The van der Waals surface area contributed by atoms with Crippen LogP contribution in [0.2, 0.25) is 0 Å². The minimum Gasteiger partial charge on any atom is -0.484 e. The van der Waals surface area contributed by atoms with Crippen LogP contribution in [-0.4, -0.2) is 49.5 Å². The van der Waals surface area contributed by atoms with Crippen LogP contribution in [0.5, 0.6) is 5.75 Å². The van der Waals surface area contributed by atoms with Gasteiger partial charge >= 0.3 is 5.97 Å². The number of hydrogen-bond donors (Lipinski definition) is 1. The SMILES string of the molecule is CCN(CC)C(=O)COc1ccc(-c2c(C)sc(NC(=O)c3sc4ccccc4c3Cc3ccc(C)cc3)c2C(=O)OC)cc1. The molecule has 0 radical (unpaired) electrons. The van der Waals surface area contributed by atoms with Crippen molar-refractivity contribution in [1.29, 1.82) is 0 Å². The van der Waals surface area contributed by atoms with Gasteiger partial charge in [-0.2, -0.15) is 0 Å². The molecule has 0 bridgehead atoms. The number of hydrogen-bond acceptors (Lipinski definition) is 7. The Morgan fingerprint density at radius 2 is 1.56 bits per heavy atom. The molecule has 0 spiro atoms. The van der Waals surface area contributed by atoms with Crippen molar-refractivity contribution in [3.8, 4) is 16.9 Å². The summed E-state index contributed by atoms with van der Waals surface area (Å²) in [5.74, 6) is -0.332. The number of esters is 1.